The van der Waals surface area contributed by atoms with E-state index in [1.165, 1.54) is 0 Å². The van der Waals surface area contributed by atoms with E-state index in [9.17, 15) is 4.79 Å². The minimum Gasteiger partial charge on any atom is -0.346 e. The molecule has 0 spiro atoms. The molecule has 0 aromatic heterocycles. The first kappa shape index (κ1) is 12.8. The molecule has 0 aliphatic carbocycles. The Morgan fingerprint density at radius 2 is 2.23 bits per heavy atom. The largest absolute Gasteiger partial charge is 0.346 e. The van der Waals surface area contributed by atoms with Crippen molar-refractivity contribution in [2.75, 3.05) is 31.6 Å². The quantitative estimate of drug-likeness (QED) is 0.628. The Morgan fingerprint density at radius 1 is 1.54 bits per heavy atom. The summed E-state index contributed by atoms with van der Waals surface area (Å²) in [5.74, 6) is 2.25. The van der Waals surface area contributed by atoms with E-state index >= 15 is 0 Å². The van der Waals surface area contributed by atoms with Crippen LogP contribution in [0.25, 0.3) is 0 Å². The molecule has 0 saturated heterocycles. The van der Waals surface area contributed by atoms with E-state index in [1.807, 2.05) is 7.05 Å². The molecule has 0 atom stereocenters. The SMILES string of the molecule is CCSCCC(=O)N(C)CCCN. The van der Waals surface area contributed by atoms with E-state index in [1.54, 1.807) is 16.7 Å². The van der Waals surface area contributed by atoms with E-state index in [0.717, 1.165) is 24.5 Å². The lowest BCUT2D eigenvalue weighted by atomic mass is 10.3. The fourth-order valence-electron chi connectivity index (χ4n) is 0.948. The standard InChI is InChI=1S/C9H20N2OS/c1-3-13-8-5-9(12)11(2)7-4-6-10/h3-8,10H2,1-2H3. The molecule has 4 heteroatoms. The summed E-state index contributed by atoms with van der Waals surface area (Å²) in [7, 11) is 1.84. The number of carbonyl (C=O) groups excluding carboxylic acids is 1. The zero-order chi connectivity index (χ0) is 10.1. The van der Waals surface area contributed by atoms with Crippen molar-refractivity contribution in [2.24, 2.45) is 5.73 Å². The van der Waals surface area contributed by atoms with E-state index in [4.69, 9.17) is 5.73 Å². The van der Waals surface area contributed by atoms with Crippen LogP contribution in [0.15, 0.2) is 0 Å². The van der Waals surface area contributed by atoms with Gasteiger partial charge in [0.2, 0.25) is 5.91 Å². The number of hydrogen-bond donors (Lipinski definition) is 1. The summed E-state index contributed by atoms with van der Waals surface area (Å²) in [4.78, 5) is 13.2. The summed E-state index contributed by atoms with van der Waals surface area (Å²) < 4.78 is 0. The molecule has 0 aliphatic rings. The number of rotatable bonds is 7. The smallest absolute Gasteiger partial charge is 0.223 e. The van der Waals surface area contributed by atoms with Gasteiger partial charge in [-0.3, -0.25) is 4.79 Å². The van der Waals surface area contributed by atoms with E-state index in [0.29, 0.717) is 13.0 Å². The molecular weight excluding hydrogens is 184 g/mol. The van der Waals surface area contributed by atoms with Gasteiger partial charge in [-0.1, -0.05) is 6.92 Å². The number of nitrogens with zero attached hydrogens (tertiary/aromatic N) is 1. The molecule has 78 valence electrons. The Morgan fingerprint density at radius 3 is 2.77 bits per heavy atom. The fraction of sp³-hybridized carbons (Fsp3) is 0.889. The van der Waals surface area contributed by atoms with Crippen LogP contribution in [-0.4, -0.2) is 42.4 Å². The topological polar surface area (TPSA) is 46.3 Å². The van der Waals surface area contributed by atoms with Crippen molar-refractivity contribution >= 4 is 17.7 Å². The first-order valence-electron chi connectivity index (χ1n) is 4.74. The normalized spacial score (nSPS) is 10.1. The third kappa shape index (κ3) is 6.90. The van der Waals surface area contributed by atoms with Crippen LogP contribution in [0.4, 0.5) is 0 Å². The molecule has 0 heterocycles. The van der Waals surface area contributed by atoms with Gasteiger partial charge < -0.3 is 10.6 Å². The lowest BCUT2D eigenvalue weighted by Crippen LogP contribution is -2.29. The van der Waals surface area contributed by atoms with Gasteiger partial charge in [0.25, 0.3) is 0 Å². The van der Waals surface area contributed by atoms with Crippen molar-refractivity contribution < 1.29 is 4.79 Å². The van der Waals surface area contributed by atoms with Crippen LogP contribution >= 0.6 is 11.8 Å². The lowest BCUT2D eigenvalue weighted by molar-refractivity contribution is -0.129. The van der Waals surface area contributed by atoms with Gasteiger partial charge in [-0.25, -0.2) is 0 Å². The van der Waals surface area contributed by atoms with Crippen molar-refractivity contribution in [2.45, 2.75) is 19.8 Å². The molecule has 3 nitrogen and oxygen atoms in total. The highest BCUT2D eigenvalue weighted by molar-refractivity contribution is 7.99. The predicted molar refractivity (Wildman–Crippen MR) is 58.9 cm³/mol. The summed E-state index contributed by atoms with van der Waals surface area (Å²) in [5.41, 5.74) is 5.36. The average Bonchev–Trinajstić information content (AvgIpc) is 2.14. The Kier molecular flexibility index (Phi) is 8.24. The highest BCUT2D eigenvalue weighted by Crippen LogP contribution is 2.02. The number of thioether (sulfide) groups is 1. The summed E-state index contributed by atoms with van der Waals surface area (Å²) in [6.07, 6.45) is 1.54. The molecule has 0 aliphatic heterocycles. The third-order valence-corrected chi connectivity index (χ3v) is 2.69. The van der Waals surface area contributed by atoms with Crippen LogP contribution in [0.2, 0.25) is 0 Å². The van der Waals surface area contributed by atoms with Crippen LogP contribution in [-0.2, 0) is 4.79 Å². The molecule has 0 unspecified atom stereocenters. The summed E-state index contributed by atoms with van der Waals surface area (Å²) in [6, 6.07) is 0. The summed E-state index contributed by atoms with van der Waals surface area (Å²) in [6.45, 7) is 3.54. The minimum absolute atomic E-state index is 0.231. The molecule has 0 saturated carbocycles. The molecule has 2 N–H and O–H groups in total. The maximum absolute atomic E-state index is 11.4. The predicted octanol–water partition coefficient (Wildman–Crippen LogP) is 0.937. The second-order valence-electron chi connectivity index (χ2n) is 2.90. The minimum atomic E-state index is 0.231. The number of nitrogens with two attached hydrogens (primary N) is 1. The second kappa shape index (κ2) is 8.38. The Bertz CT molecular complexity index is 142. The zero-order valence-electron chi connectivity index (χ0n) is 8.58. The molecule has 13 heavy (non-hydrogen) atoms. The highest BCUT2D eigenvalue weighted by atomic mass is 32.2. The fourth-order valence-corrected chi connectivity index (χ4v) is 1.56. The number of amides is 1. The lowest BCUT2D eigenvalue weighted by Gasteiger charge is -2.16. The van der Waals surface area contributed by atoms with E-state index < -0.39 is 0 Å². The third-order valence-electron chi connectivity index (χ3n) is 1.79. The zero-order valence-corrected chi connectivity index (χ0v) is 9.40. The van der Waals surface area contributed by atoms with Gasteiger partial charge in [0.15, 0.2) is 0 Å². The van der Waals surface area contributed by atoms with Crippen LogP contribution in [0, 0.1) is 0 Å². The van der Waals surface area contributed by atoms with Gasteiger partial charge >= 0.3 is 0 Å². The van der Waals surface area contributed by atoms with Crippen LogP contribution < -0.4 is 5.73 Å². The second-order valence-corrected chi connectivity index (χ2v) is 4.30. The highest BCUT2D eigenvalue weighted by Gasteiger charge is 2.06. The van der Waals surface area contributed by atoms with Gasteiger partial charge in [-0.15, -0.1) is 0 Å². The number of hydrogen-bond acceptors (Lipinski definition) is 3. The van der Waals surface area contributed by atoms with Crippen molar-refractivity contribution in [3.63, 3.8) is 0 Å². The van der Waals surface area contributed by atoms with Gasteiger partial charge in [0.05, 0.1) is 0 Å². The van der Waals surface area contributed by atoms with Crippen molar-refractivity contribution in [3.05, 3.63) is 0 Å². The maximum atomic E-state index is 11.4. The van der Waals surface area contributed by atoms with Crippen molar-refractivity contribution in [1.29, 1.82) is 0 Å². The Balaban J connectivity index is 3.45. The monoisotopic (exact) mass is 204 g/mol. The van der Waals surface area contributed by atoms with Gasteiger partial charge in [0.1, 0.15) is 0 Å². The molecule has 1 amide bonds. The molecule has 0 aromatic rings. The van der Waals surface area contributed by atoms with E-state index in [-0.39, 0.29) is 5.91 Å². The molecular formula is C9H20N2OS. The first-order chi connectivity index (χ1) is 6.22. The first-order valence-corrected chi connectivity index (χ1v) is 5.89. The molecule has 0 fully saturated rings. The maximum Gasteiger partial charge on any atom is 0.223 e. The Hall–Kier alpha value is -0.220. The van der Waals surface area contributed by atoms with Crippen LogP contribution in [0.3, 0.4) is 0 Å². The van der Waals surface area contributed by atoms with Gasteiger partial charge in [-0.05, 0) is 18.7 Å². The van der Waals surface area contributed by atoms with Gasteiger partial charge in [-0.2, -0.15) is 11.8 Å². The number of carbonyl (C=O) groups is 1. The van der Waals surface area contributed by atoms with Gasteiger partial charge in [0, 0.05) is 25.8 Å². The molecule has 0 aromatic carbocycles. The Labute approximate surface area is 85.0 Å². The van der Waals surface area contributed by atoms with Crippen molar-refractivity contribution in [3.8, 4) is 0 Å². The molecule has 0 rings (SSSR count). The van der Waals surface area contributed by atoms with Crippen molar-refractivity contribution in [1.82, 2.24) is 4.90 Å². The molecule has 0 bridgehead atoms. The average molecular weight is 204 g/mol. The van der Waals surface area contributed by atoms with Crippen LogP contribution in [0.1, 0.15) is 19.8 Å². The van der Waals surface area contributed by atoms with Crippen LogP contribution in [0.5, 0.6) is 0 Å². The van der Waals surface area contributed by atoms with E-state index in [2.05, 4.69) is 6.92 Å². The summed E-state index contributed by atoms with van der Waals surface area (Å²) >= 11 is 1.81. The summed E-state index contributed by atoms with van der Waals surface area (Å²) in [5, 5.41) is 0. The molecule has 0 radical (unpaired) electrons.